The van der Waals surface area contributed by atoms with E-state index in [1.54, 1.807) is 6.92 Å². The Morgan fingerprint density at radius 1 is 1.33 bits per heavy atom. The van der Waals surface area contributed by atoms with Crippen molar-refractivity contribution in [3.8, 4) is 0 Å². The van der Waals surface area contributed by atoms with Crippen LogP contribution in [0.3, 0.4) is 0 Å². The monoisotopic (exact) mass is 249 g/mol. The molecule has 0 bridgehead atoms. The number of hydrogen-bond donors (Lipinski definition) is 1. The summed E-state index contributed by atoms with van der Waals surface area (Å²) in [6, 6.07) is 9.62. The van der Waals surface area contributed by atoms with Crippen LogP contribution in [0.5, 0.6) is 0 Å². The SMILES string of the molecule is CC(C)CCC(C)(N)C(=O)OCc1ccccc1. The van der Waals surface area contributed by atoms with Gasteiger partial charge in [-0.05, 0) is 31.2 Å². The lowest BCUT2D eigenvalue weighted by Gasteiger charge is -2.23. The van der Waals surface area contributed by atoms with E-state index in [1.807, 2.05) is 30.3 Å². The third-order valence-corrected chi connectivity index (χ3v) is 2.92. The van der Waals surface area contributed by atoms with E-state index in [0.29, 0.717) is 12.3 Å². The van der Waals surface area contributed by atoms with Crippen molar-refractivity contribution < 1.29 is 9.53 Å². The minimum atomic E-state index is -0.890. The third kappa shape index (κ3) is 4.88. The van der Waals surface area contributed by atoms with E-state index in [0.717, 1.165) is 12.0 Å². The van der Waals surface area contributed by atoms with Gasteiger partial charge in [-0.15, -0.1) is 0 Å². The van der Waals surface area contributed by atoms with Crippen molar-refractivity contribution >= 4 is 5.97 Å². The predicted molar refractivity (Wildman–Crippen MR) is 72.9 cm³/mol. The highest BCUT2D eigenvalue weighted by Gasteiger charge is 2.29. The highest BCUT2D eigenvalue weighted by atomic mass is 16.5. The summed E-state index contributed by atoms with van der Waals surface area (Å²) in [7, 11) is 0. The van der Waals surface area contributed by atoms with Crippen molar-refractivity contribution in [3.05, 3.63) is 35.9 Å². The van der Waals surface area contributed by atoms with Gasteiger partial charge in [0, 0.05) is 0 Å². The first-order valence-corrected chi connectivity index (χ1v) is 6.42. The van der Waals surface area contributed by atoms with E-state index in [4.69, 9.17) is 10.5 Å². The van der Waals surface area contributed by atoms with Crippen LogP contribution < -0.4 is 5.73 Å². The molecule has 18 heavy (non-hydrogen) atoms. The van der Waals surface area contributed by atoms with Crippen LogP contribution in [0.15, 0.2) is 30.3 Å². The zero-order chi connectivity index (χ0) is 13.6. The van der Waals surface area contributed by atoms with Crippen LogP contribution in [0.4, 0.5) is 0 Å². The minimum Gasteiger partial charge on any atom is -0.459 e. The van der Waals surface area contributed by atoms with Crippen LogP contribution in [0.25, 0.3) is 0 Å². The number of carbonyl (C=O) groups is 1. The minimum absolute atomic E-state index is 0.286. The predicted octanol–water partition coefficient (Wildman–Crippen LogP) is 2.88. The summed E-state index contributed by atoms with van der Waals surface area (Å²) in [6.45, 7) is 6.26. The van der Waals surface area contributed by atoms with E-state index in [9.17, 15) is 4.79 Å². The Morgan fingerprint density at radius 3 is 2.50 bits per heavy atom. The molecule has 3 nitrogen and oxygen atoms in total. The van der Waals surface area contributed by atoms with Gasteiger partial charge in [0.1, 0.15) is 12.1 Å². The summed E-state index contributed by atoms with van der Waals surface area (Å²) in [5, 5.41) is 0. The summed E-state index contributed by atoms with van der Waals surface area (Å²) < 4.78 is 5.26. The van der Waals surface area contributed by atoms with Gasteiger partial charge in [-0.1, -0.05) is 44.2 Å². The van der Waals surface area contributed by atoms with Crippen LogP contribution in [-0.2, 0) is 16.1 Å². The lowest BCUT2D eigenvalue weighted by Crippen LogP contribution is -2.46. The zero-order valence-electron chi connectivity index (χ0n) is 11.5. The van der Waals surface area contributed by atoms with Gasteiger partial charge in [-0.25, -0.2) is 0 Å². The van der Waals surface area contributed by atoms with Crippen LogP contribution in [-0.4, -0.2) is 11.5 Å². The van der Waals surface area contributed by atoms with Crippen molar-refractivity contribution in [1.29, 1.82) is 0 Å². The fourth-order valence-corrected chi connectivity index (χ4v) is 1.58. The summed E-state index contributed by atoms with van der Waals surface area (Å²) in [5.74, 6) is 0.210. The zero-order valence-corrected chi connectivity index (χ0v) is 11.5. The van der Waals surface area contributed by atoms with E-state index in [1.165, 1.54) is 0 Å². The smallest absolute Gasteiger partial charge is 0.326 e. The second-order valence-electron chi connectivity index (χ2n) is 5.41. The van der Waals surface area contributed by atoms with Gasteiger partial charge in [0.05, 0.1) is 0 Å². The molecule has 0 amide bonds. The summed E-state index contributed by atoms with van der Waals surface area (Å²) in [4.78, 5) is 11.9. The molecule has 0 radical (unpaired) electrons. The van der Waals surface area contributed by atoms with Crippen molar-refractivity contribution in [2.24, 2.45) is 11.7 Å². The van der Waals surface area contributed by atoms with Crippen molar-refractivity contribution in [3.63, 3.8) is 0 Å². The summed E-state index contributed by atoms with van der Waals surface area (Å²) in [5.41, 5.74) is 6.09. The number of nitrogens with two attached hydrogens (primary N) is 1. The number of benzene rings is 1. The van der Waals surface area contributed by atoms with Gasteiger partial charge in [-0.2, -0.15) is 0 Å². The van der Waals surface area contributed by atoms with Gasteiger partial charge in [-0.3, -0.25) is 4.79 Å². The Balaban J connectivity index is 2.44. The van der Waals surface area contributed by atoms with Gasteiger partial charge in [0.15, 0.2) is 0 Å². The lowest BCUT2D eigenvalue weighted by molar-refractivity contribution is -0.151. The van der Waals surface area contributed by atoms with Crippen LogP contribution >= 0.6 is 0 Å². The average Bonchev–Trinajstić information content (AvgIpc) is 2.35. The molecule has 0 saturated heterocycles. The van der Waals surface area contributed by atoms with Crippen molar-refractivity contribution in [2.45, 2.75) is 45.8 Å². The van der Waals surface area contributed by atoms with E-state index < -0.39 is 5.54 Å². The first-order valence-electron chi connectivity index (χ1n) is 6.42. The number of rotatable bonds is 6. The summed E-state index contributed by atoms with van der Waals surface area (Å²) in [6.07, 6.45) is 1.58. The molecule has 1 unspecified atom stereocenters. The van der Waals surface area contributed by atoms with Crippen molar-refractivity contribution in [2.75, 3.05) is 0 Å². The Bertz CT molecular complexity index is 371. The molecule has 1 atom stereocenters. The second-order valence-corrected chi connectivity index (χ2v) is 5.41. The molecule has 0 fully saturated rings. The number of esters is 1. The van der Waals surface area contributed by atoms with Crippen LogP contribution in [0.1, 0.15) is 39.2 Å². The topological polar surface area (TPSA) is 52.3 Å². The Morgan fingerprint density at radius 2 is 1.94 bits per heavy atom. The quantitative estimate of drug-likeness (QED) is 0.789. The van der Waals surface area contributed by atoms with E-state index >= 15 is 0 Å². The molecule has 100 valence electrons. The molecule has 0 aliphatic heterocycles. The Hall–Kier alpha value is -1.35. The van der Waals surface area contributed by atoms with Crippen LogP contribution in [0.2, 0.25) is 0 Å². The Labute approximate surface area is 109 Å². The molecular weight excluding hydrogens is 226 g/mol. The van der Waals surface area contributed by atoms with Gasteiger partial charge in [0.25, 0.3) is 0 Å². The number of hydrogen-bond acceptors (Lipinski definition) is 3. The average molecular weight is 249 g/mol. The number of carbonyl (C=O) groups excluding carboxylic acids is 1. The molecular formula is C15H23NO2. The molecule has 0 heterocycles. The maximum atomic E-state index is 11.9. The maximum Gasteiger partial charge on any atom is 0.326 e. The first-order chi connectivity index (χ1) is 8.42. The molecule has 2 N–H and O–H groups in total. The molecule has 0 spiro atoms. The molecule has 0 saturated carbocycles. The van der Waals surface area contributed by atoms with Gasteiger partial charge < -0.3 is 10.5 Å². The number of ether oxygens (including phenoxy) is 1. The first kappa shape index (κ1) is 14.7. The van der Waals surface area contributed by atoms with Crippen LogP contribution in [0, 0.1) is 5.92 Å². The van der Waals surface area contributed by atoms with E-state index in [2.05, 4.69) is 13.8 Å². The van der Waals surface area contributed by atoms with Crippen molar-refractivity contribution in [1.82, 2.24) is 0 Å². The third-order valence-electron chi connectivity index (χ3n) is 2.92. The molecule has 0 aliphatic rings. The van der Waals surface area contributed by atoms with Gasteiger partial charge in [0.2, 0.25) is 0 Å². The normalized spacial score (nSPS) is 14.3. The summed E-state index contributed by atoms with van der Waals surface area (Å²) >= 11 is 0. The molecule has 0 aromatic heterocycles. The highest BCUT2D eigenvalue weighted by Crippen LogP contribution is 2.16. The fourth-order valence-electron chi connectivity index (χ4n) is 1.58. The second kappa shape index (κ2) is 6.55. The molecule has 1 aromatic carbocycles. The Kier molecular flexibility index (Phi) is 5.35. The van der Waals surface area contributed by atoms with Gasteiger partial charge >= 0.3 is 5.97 Å². The maximum absolute atomic E-state index is 11.9. The largest absolute Gasteiger partial charge is 0.459 e. The fraction of sp³-hybridized carbons (Fsp3) is 0.533. The lowest BCUT2D eigenvalue weighted by atomic mass is 9.93. The standard InChI is InChI=1S/C15H23NO2/c1-12(2)9-10-15(3,16)14(17)18-11-13-7-5-4-6-8-13/h4-8,12H,9-11,16H2,1-3H3. The molecule has 1 rings (SSSR count). The van der Waals surface area contributed by atoms with E-state index in [-0.39, 0.29) is 12.6 Å². The molecule has 3 heteroatoms. The molecule has 0 aliphatic carbocycles. The highest BCUT2D eigenvalue weighted by molar-refractivity contribution is 5.79. The molecule has 1 aromatic rings.